The summed E-state index contributed by atoms with van der Waals surface area (Å²) in [6.45, 7) is 1.76. The van der Waals surface area contributed by atoms with Gasteiger partial charge < -0.3 is 81.1 Å². The maximum atomic E-state index is 14.7. The van der Waals surface area contributed by atoms with Crippen molar-refractivity contribution >= 4 is 76.0 Å². The minimum absolute atomic E-state index is 0.0104. The van der Waals surface area contributed by atoms with Gasteiger partial charge in [0.05, 0.1) is 0 Å². The number of carbonyl (C=O) groups excluding carboxylic acids is 9. The van der Waals surface area contributed by atoms with Crippen LogP contribution in [0.25, 0.3) is 10.9 Å². The van der Waals surface area contributed by atoms with E-state index in [0.717, 1.165) is 10.9 Å². The minimum atomic E-state index is -1.46. The van der Waals surface area contributed by atoms with Gasteiger partial charge in [-0.2, -0.15) is 0 Å². The fraction of sp³-hybridized carbons (Fsp3) is 0.500. The molecule has 0 aliphatic carbocycles. The average molecular weight is 1060 g/mol. The number of fused-ring (bicyclic) bond motifs is 1. The van der Waals surface area contributed by atoms with Crippen molar-refractivity contribution in [3.8, 4) is 0 Å². The highest BCUT2D eigenvalue weighted by atomic mass is 16.2. The zero-order valence-electron chi connectivity index (χ0n) is 42.8. The molecule has 1 aliphatic heterocycles. The zero-order chi connectivity index (χ0) is 55.6. The number of unbranched alkanes of at least 4 members (excludes halogenated alkanes) is 1. The number of rotatable bonds is 20. The first-order chi connectivity index (χ1) is 36.3. The van der Waals surface area contributed by atoms with Crippen molar-refractivity contribution in [1.29, 1.82) is 10.8 Å². The first kappa shape index (κ1) is 60.3. The molecule has 76 heavy (non-hydrogen) atoms. The number of primary amides is 1. The third-order valence-electron chi connectivity index (χ3n) is 12.5. The Morgan fingerprint density at radius 3 is 1.91 bits per heavy atom. The molecular formula is C50H75N17O9. The highest BCUT2D eigenvalue weighted by Gasteiger charge is 2.35. The summed E-state index contributed by atoms with van der Waals surface area (Å²) in [4.78, 5) is 128. The summed E-state index contributed by atoms with van der Waals surface area (Å²) < 4.78 is 0. The molecule has 0 spiro atoms. The minimum Gasteiger partial charge on any atom is -0.370 e. The molecule has 9 amide bonds. The average Bonchev–Trinajstić information content (AvgIpc) is 3.78. The molecule has 0 radical (unpaired) electrons. The van der Waals surface area contributed by atoms with E-state index in [2.05, 4.69) is 58.2 Å². The van der Waals surface area contributed by atoms with Crippen LogP contribution < -0.4 is 76.1 Å². The van der Waals surface area contributed by atoms with Crippen LogP contribution in [0.4, 0.5) is 0 Å². The fourth-order valence-electron chi connectivity index (χ4n) is 8.48. The maximum absolute atomic E-state index is 14.7. The van der Waals surface area contributed by atoms with Gasteiger partial charge in [-0.25, -0.2) is 0 Å². The molecule has 21 N–H and O–H groups in total. The lowest BCUT2D eigenvalue weighted by molar-refractivity contribution is -0.136. The lowest BCUT2D eigenvalue weighted by Crippen LogP contribution is -2.60. The number of hydrogen-bond acceptors (Lipinski definition) is 12. The van der Waals surface area contributed by atoms with Crippen molar-refractivity contribution in [2.75, 3.05) is 26.2 Å². The second-order valence-electron chi connectivity index (χ2n) is 18.6. The first-order valence-corrected chi connectivity index (χ1v) is 25.4. The lowest BCUT2D eigenvalue weighted by Gasteiger charge is -2.28. The highest BCUT2D eigenvalue weighted by Crippen LogP contribution is 2.20. The van der Waals surface area contributed by atoms with Crippen LogP contribution in [0.1, 0.15) is 88.7 Å². The van der Waals surface area contributed by atoms with E-state index >= 15 is 0 Å². The number of nitrogens with two attached hydrogens (primary N) is 4. The molecular weight excluding hydrogens is 983 g/mol. The molecule has 3 aromatic rings. The Bertz CT molecular complexity index is 2490. The van der Waals surface area contributed by atoms with Crippen molar-refractivity contribution in [2.24, 2.45) is 22.9 Å². The monoisotopic (exact) mass is 1060 g/mol. The van der Waals surface area contributed by atoms with Gasteiger partial charge in [-0.05, 0) is 87.9 Å². The summed E-state index contributed by atoms with van der Waals surface area (Å²) in [5.74, 6) is -7.46. The zero-order valence-corrected chi connectivity index (χ0v) is 42.8. The number of hydrogen-bond donors (Lipinski definition) is 17. The van der Waals surface area contributed by atoms with Gasteiger partial charge in [0.15, 0.2) is 11.9 Å². The van der Waals surface area contributed by atoms with Gasteiger partial charge in [0.25, 0.3) is 0 Å². The molecule has 26 nitrogen and oxygen atoms in total. The molecule has 0 bridgehead atoms. The predicted octanol–water partition coefficient (Wildman–Crippen LogP) is -2.80. The number of guanidine groups is 2. The van der Waals surface area contributed by atoms with Crippen molar-refractivity contribution < 1.29 is 43.2 Å². The molecule has 1 aromatic heterocycles. The number of carbonyl (C=O) groups is 9. The van der Waals surface area contributed by atoms with Crippen LogP contribution in [0.15, 0.2) is 60.8 Å². The van der Waals surface area contributed by atoms with Crippen LogP contribution in [0, 0.1) is 10.8 Å². The van der Waals surface area contributed by atoms with E-state index in [9.17, 15) is 43.2 Å². The molecule has 1 saturated heterocycles. The van der Waals surface area contributed by atoms with Crippen LogP contribution in [-0.2, 0) is 56.0 Å². The van der Waals surface area contributed by atoms with Crippen molar-refractivity contribution in [3.05, 3.63) is 71.9 Å². The summed E-state index contributed by atoms with van der Waals surface area (Å²) in [5.41, 5.74) is 24.5. The van der Waals surface area contributed by atoms with E-state index in [1.54, 1.807) is 36.5 Å². The number of aromatic nitrogens is 1. The van der Waals surface area contributed by atoms with Crippen molar-refractivity contribution in [1.82, 2.24) is 58.2 Å². The smallest absolute Gasteiger partial charge is 0.243 e. The summed E-state index contributed by atoms with van der Waals surface area (Å²) >= 11 is 0. The molecule has 1 aliphatic rings. The van der Waals surface area contributed by atoms with E-state index in [1.165, 1.54) is 6.92 Å². The number of para-hydroxylation sites is 1. The maximum Gasteiger partial charge on any atom is 0.243 e. The van der Waals surface area contributed by atoms with Crippen LogP contribution in [0.2, 0.25) is 0 Å². The van der Waals surface area contributed by atoms with Gasteiger partial charge in [-0.3, -0.25) is 54.0 Å². The fourth-order valence-corrected chi connectivity index (χ4v) is 8.48. The highest BCUT2D eigenvalue weighted by molar-refractivity contribution is 5.98. The third-order valence-corrected chi connectivity index (χ3v) is 12.5. The second kappa shape index (κ2) is 31.4. The standard InChI is InChI=1S/C50H75N17O9/c1-29(68)61-35(18-10-24-58-49(53)54)43(71)65-38-20-21-41(69)57-23-9-17-34(42(52)70)62-48(76)40(27-31-28-60-33-15-6-5-14-32(31)33)67-45(73)37(19-11-25-59-50(55)56)64-47(75)39(26-30-12-3-2-4-13-30)66-44(72)36(63-46(38)74)16-7-8-22-51/h2-6,12-15,28,34-40,60H,7-11,16-27,51H2,1H3,(H2,52,70)(H,57,69)(H,61,68)(H,62,76)(H,63,74)(H,64,75)(H,65,71)(H,66,72)(H,67,73)(H4,53,54,58)(H4,55,56,59)/t34-,35-,36-,37?,38-,39+,40-/m0/s1. The van der Waals surface area contributed by atoms with E-state index < -0.39 is 95.5 Å². The molecule has 414 valence electrons. The summed E-state index contributed by atoms with van der Waals surface area (Å²) in [6, 6.07) is 6.70. The number of amides is 9. The molecule has 2 heterocycles. The molecule has 2 aromatic carbocycles. The SMILES string of the molecule is CC(=O)N[C@@H](CCCNC(=N)N)C(=O)N[C@H]1CCC(=O)NCCC[C@@H](C(N)=O)NC(=O)[C@H](Cc2c[nH]c3ccccc23)NC(=O)C(CCCNC(=N)N)NC(=O)[C@@H](Cc2ccccc2)NC(=O)[C@H](CCCCN)NC1=O. The predicted molar refractivity (Wildman–Crippen MR) is 283 cm³/mol. The third kappa shape index (κ3) is 20.9. The van der Waals surface area contributed by atoms with E-state index in [0.29, 0.717) is 24.0 Å². The van der Waals surface area contributed by atoms with E-state index in [1.807, 2.05) is 24.3 Å². The second-order valence-corrected chi connectivity index (χ2v) is 18.6. The number of nitrogens with one attached hydrogen (secondary N) is 13. The van der Waals surface area contributed by atoms with Crippen molar-refractivity contribution in [2.45, 2.75) is 133 Å². The van der Waals surface area contributed by atoms with Gasteiger partial charge in [-0.15, -0.1) is 0 Å². The Kier molecular flexibility index (Phi) is 24.9. The molecule has 1 unspecified atom stereocenters. The van der Waals surface area contributed by atoms with Gasteiger partial charge in [0.2, 0.25) is 53.2 Å². The quantitative estimate of drug-likeness (QED) is 0.0309. The Morgan fingerprint density at radius 1 is 0.684 bits per heavy atom. The number of aromatic amines is 1. The largest absolute Gasteiger partial charge is 0.370 e. The first-order valence-electron chi connectivity index (χ1n) is 25.4. The Hall–Kier alpha value is -8.29. The number of benzene rings is 2. The molecule has 26 heteroatoms. The van der Waals surface area contributed by atoms with Crippen LogP contribution in [-0.4, -0.2) is 139 Å². The summed E-state index contributed by atoms with van der Waals surface area (Å²) in [6.07, 6.45) is 2.25. The molecule has 4 rings (SSSR count). The normalized spacial score (nSPS) is 21.0. The van der Waals surface area contributed by atoms with Gasteiger partial charge in [0, 0.05) is 62.9 Å². The Labute approximate surface area is 440 Å². The topological polar surface area (TPSA) is 441 Å². The van der Waals surface area contributed by atoms with Crippen LogP contribution in [0.3, 0.4) is 0 Å². The van der Waals surface area contributed by atoms with E-state index in [-0.39, 0.29) is 109 Å². The van der Waals surface area contributed by atoms with Gasteiger partial charge in [-0.1, -0.05) is 48.5 Å². The van der Waals surface area contributed by atoms with Crippen LogP contribution in [0.5, 0.6) is 0 Å². The van der Waals surface area contributed by atoms with Crippen LogP contribution >= 0.6 is 0 Å². The Balaban J connectivity index is 1.77. The van der Waals surface area contributed by atoms with Crippen molar-refractivity contribution in [3.63, 3.8) is 0 Å². The summed E-state index contributed by atoms with van der Waals surface area (Å²) in [7, 11) is 0. The number of H-pyrrole nitrogens is 1. The van der Waals surface area contributed by atoms with Gasteiger partial charge in [0.1, 0.15) is 42.3 Å². The Morgan fingerprint density at radius 2 is 1.26 bits per heavy atom. The molecule has 1 fully saturated rings. The molecule has 7 atom stereocenters. The van der Waals surface area contributed by atoms with Gasteiger partial charge >= 0.3 is 0 Å². The molecule has 0 saturated carbocycles. The summed E-state index contributed by atoms with van der Waals surface area (Å²) in [5, 5.41) is 42.7. The lowest BCUT2D eigenvalue weighted by atomic mass is 10.0. The van der Waals surface area contributed by atoms with E-state index in [4.69, 9.17) is 33.8 Å².